The molecule has 0 spiro atoms. The Morgan fingerprint density at radius 3 is 2.09 bits per heavy atom. The summed E-state index contributed by atoms with van der Waals surface area (Å²) in [6.07, 6.45) is 2.03. The third-order valence-corrected chi connectivity index (χ3v) is 5.37. The summed E-state index contributed by atoms with van der Waals surface area (Å²) in [6, 6.07) is 20.0. The van der Waals surface area contributed by atoms with E-state index in [2.05, 4.69) is 4.57 Å². The molecule has 1 heterocycles. The van der Waals surface area contributed by atoms with E-state index in [1.165, 1.54) is 0 Å². The molecule has 0 aliphatic rings. The van der Waals surface area contributed by atoms with E-state index in [0.717, 1.165) is 22.0 Å². The molecule has 4 rings (SSSR count). The molecule has 3 aromatic carbocycles. The van der Waals surface area contributed by atoms with Crippen LogP contribution in [0.4, 0.5) is 0 Å². The summed E-state index contributed by atoms with van der Waals surface area (Å²) in [5.41, 5.74) is 3.11. The lowest BCUT2D eigenvalue weighted by atomic mass is 10.1. The normalized spacial score (nSPS) is 10.8. The van der Waals surface area contributed by atoms with Gasteiger partial charge in [0.05, 0.1) is 34.0 Å². The molecule has 0 amide bonds. The average Bonchev–Trinajstić information content (AvgIpc) is 3.24. The number of aromatic nitrogens is 1. The van der Waals surface area contributed by atoms with Crippen molar-refractivity contribution in [3.8, 4) is 28.7 Å². The second kappa shape index (κ2) is 9.56. The van der Waals surface area contributed by atoms with E-state index < -0.39 is 0 Å². The Hall–Kier alpha value is -3.80. The van der Waals surface area contributed by atoms with Crippen LogP contribution in [0.1, 0.15) is 11.1 Å². The minimum absolute atomic E-state index is 0.470. The van der Waals surface area contributed by atoms with Crippen molar-refractivity contribution in [1.82, 2.24) is 4.57 Å². The van der Waals surface area contributed by atoms with Crippen LogP contribution in [0.25, 0.3) is 10.9 Å². The summed E-state index contributed by atoms with van der Waals surface area (Å²) in [7, 11) is 6.51. The first-order valence-electron chi connectivity index (χ1n) is 10.3. The van der Waals surface area contributed by atoms with Crippen LogP contribution in [0, 0.1) is 0 Å². The van der Waals surface area contributed by atoms with E-state index in [9.17, 15) is 0 Å². The van der Waals surface area contributed by atoms with Crippen molar-refractivity contribution in [3.05, 3.63) is 78.0 Å². The maximum Gasteiger partial charge on any atom is 0.205 e. The summed E-state index contributed by atoms with van der Waals surface area (Å²) in [5, 5.41) is 1.01. The van der Waals surface area contributed by atoms with Crippen LogP contribution in [0.2, 0.25) is 0 Å². The largest absolute Gasteiger partial charge is 0.493 e. The van der Waals surface area contributed by atoms with Crippen molar-refractivity contribution in [2.75, 3.05) is 28.4 Å². The molecule has 6 heteroatoms. The molecule has 0 aliphatic carbocycles. The third kappa shape index (κ3) is 4.17. The number of ether oxygens (including phenoxy) is 5. The lowest BCUT2D eigenvalue weighted by molar-refractivity contribution is 0.284. The predicted octanol–water partition coefficient (Wildman–Crippen LogP) is 5.30. The summed E-state index contributed by atoms with van der Waals surface area (Å²) < 4.78 is 30.5. The van der Waals surface area contributed by atoms with Gasteiger partial charge in [-0.2, -0.15) is 0 Å². The highest BCUT2D eigenvalue weighted by molar-refractivity contribution is 5.91. The van der Waals surface area contributed by atoms with Crippen molar-refractivity contribution in [3.63, 3.8) is 0 Å². The minimum Gasteiger partial charge on any atom is -0.493 e. The number of methoxy groups -OCH3 is 4. The molecule has 166 valence electrons. The summed E-state index contributed by atoms with van der Waals surface area (Å²) in [4.78, 5) is 0. The van der Waals surface area contributed by atoms with E-state index in [1.54, 1.807) is 28.4 Å². The van der Waals surface area contributed by atoms with Crippen LogP contribution in [0.3, 0.4) is 0 Å². The third-order valence-electron chi connectivity index (χ3n) is 5.37. The topological polar surface area (TPSA) is 51.1 Å². The van der Waals surface area contributed by atoms with Crippen LogP contribution < -0.4 is 23.7 Å². The molecule has 1 aromatic heterocycles. The fraction of sp³-hybridized carbons (Fsp3) is 0.231. The number of fused-ring (bicyclic) bond motifs is 1. The van der Waals surface area contributed by atoms with E-state index >= 15 is 0 Å². The average molecular weight is 434 g/mol. The molecule has 6 nitrogen and oxygen atoms in total. The highest BCUT2D eigenvalue weighted by Crippen LogP contribution is 2.44. The Labute approximate surface area is 187 Å². The van der Waals surface area contributed by atoms with Gasteiger partial charge in [-0.15, -0.1) is 0 Å². The van der Waals surface area contributed by atoms with Crippen LogP contribution >= 0.6 is 0 Å². The quantitative estimate of drug-likeness (QED) is 0.358. The number of hydrogen-bond donors (Lipinski definition) is 0. The SMILES string of the molecule is COc1ccc(Cn2ccc3cc(OC)c(OC)c(OC)c32)cc1OCc1ccccc1. The lowest BCUT2D eigenvalue weighted by Gasteiger charge is -2.16. The van der Waals surface area contributed by atoms with Gasteiger partial charge >= 0.3 is 0 Å². The predicted molar refractivity (Wildman–Crippen MR) is 124 cm³/mol. The van der Waals surface area contributed by atoms with Crippen LogP contribution in [0.5, 0.6) is 28.7 Å². The van der Waals surface area contributed by atoms with Gasteiger partial charge in [0.2, 0.25) is 5.75 Å². The second-order valence-corrected chi connectivity index (χ2v) is 7.29. The lowest BCUT2D eigenvalue weighted by Crippen LogP contribution is -2.03. The van der Waals surface area contributed by atoms with Crippen molar-refractivity contribution in [2.24, 2.45) is 0 Å². The molecule has 0 atom stereocenters. The first-order valence-corrected chi connectivity index (χ1v) is 10.3. The van der Waals surface area contributed by atoms with Crippen LogP contribution in [-0.2, 0) is 13.2 Å². The first-order chi connectivity index (χ1) is 15.7. The maximum atomic E-state index is 6.08. The van der Waals surface area contributed by atoms with E-state index in [1.807, 2.05) is 66.9 Å². The van der Waals surface area contributed by atoms with Crippen molar-refractivity contribution < 1.29 is 23.7 Å². The van der Waals surface area contributed by atoms with Crippen LogP contribution in [0.15, 0.2) is 66.9 Å². The second-order valence-electron chi connectivity index (χ2n) is 7.29. The zero-order valence-electron chi connectivity index (χ0n) is 18.8. The Morgan fingerprint density at radius 1 is 0.656 bits per heavy atom. The van der Waals surface area contributed by atoms with Gasteiger partial charge in [0.1, 0.15) is 6.61 Å². The molecule has 0 unspecified atom stereocenters. The summed E-state index contributed by atoms with van der Waals surface area (Å²) >= 11 is 0. The van der Waals surface area contributed by atoms with Gasteiger partial charge in [-0.05, 0) is 35.4 Å². The molecule has 0 saturated heterocycles. The minimum atomic E-state index is 0.470. The van der Waals surface area contributed by atoms with Gasteiger partial charge in [-0.1, -0.05) is 36.4 Å². The Balaban J connectivity index is 1.66. The van der Waals surface area contributed by atoms with Crippen LogP contribution in [-0.4, -0.2) is 33.0 Å². The molecule has 0 radical (unpaired) electrons. The van der Waals surface area contributed by atoms with Crippen molar-refractivity contribution >= 4 is 10.9 Å². The number of rotatable bonds is 9. The molecule has 0 saturated carbocycles. The van der Waals surface area contributed by atoms with E-state index in [-0.39, 0.29) is 0 Å². The summed E-state index contributed by atoms with van der Waals surface area (Å²) in [6.45, 7) is 1.10. The fourth-order valence-electron chi connectivity index (χ4n) is 3.82. The standard InChI is InChI=1S/C26H27NO5/c1-28-21-11-10-19(14-22(21)32-17-18-8-6-5-7-9-18)16-27-13-12-20-15-23(29-2)25(30-3)26(31-4)24(20)27/h5-15H,16-17H2,1-4H3. The maximum absolute atomic E-state index is 6.08. The van der Waals surface area contributed by atoms with Gasteiger partial charge in [0.15, 0.2) is 23.0 Å². The van der Waals surface area contributed by atoms with Gasteiger partial charge in [-0.25, -0.2) is 0 Å². The molecule has 0 N–H and O–H groups in total. The fourth-order valence-corrected chi connectivity index (χ4v) is 3.82. The smallest absolute Gasteiger partial charge is 0.205 e. The number of hydrogen-bond acceptors (Lipinski definition) is 5. The molecule has 32 heavy (non-hydrogen) atoms. The highest BCUT2D eigenvalue weighted by atomic mass is 16.5. The van der Waals surface area contributed by atoms with Gasteiger partial charge < -0.3 is 28.3 Å². The van der Waals surface area contributed by atoms with E-state index in [0.29, 0.717) is 41.9 Å². The van der Waals surface area contributed by atoms with Crippen molar-refractivity contribution in [1.29, 1.82) is 0 Å². The van der Waals surface area contributed by atoms with Crippen molar-refractivity contribution in [2.45, 2.75) is 13.2 Å². The Kier molecular flexibility index (Phi) is 6.40. The zero-order chi connectivity index (χ0) is 22.5. The number of nitrogens with zero attached hydrogens (tertiary/aromatic N) is 1. The zero-order valence-corrected chi connectivity index (χ0v) is 18.8. The van der Waals surface area contributed by atoms with E-state index in [4.69, 9.17) is 23.7 Å². The number of benzene rings is 3. The van der Waals surface area contributed by atoms with Gasteiger partial charge in [-0.3, -0.25) is 0 Å². The molecule has 0 bridgehead atoms. The molecule has 0 aliphatic heterocycles. The monoisotopic (exact) mass is 433 g/mol. The highest BCUT2D eigenvalue weighted by Gasteiger charge is 2.19. The Morgan fingerprint density at radius 2 is 1.41 bits per heavy atom. The summed E-state index contributed by atoms with van der Waals surface area (Å²) in [5.74, 6) is 3.25. The molecule has 4 aromatic rings. The van der Waals surface area contributed by atoms with Gasteiger partial charge in [0.25, 0.3) is 0 Å². The first kappa shape index (κ1) is 21.4. The Bertz CT molecular complexity index is 1200. The molecular formula is C26H27NO5. The van der Waals surface area contributed by atoms with Gasteiger partial charge in [0, 0.05) is 18.1 Å². The molecule has 0 fully saturated rings. The molecular weight excluding hydrogens is 406 g/mol.